The summed E-state index contributed by atoms with van der Waals surface area (Å²) in [5, 5.41) is 20.8. The minimum absolute atomic E-state index is 0.0384. The standard InChI is InChI=1S/C11H15NO3/c1-8(12-6-5-11(14)15)9-3-2-4-10(13)7-9/h2-4,7-8,12-13H,5-6H2,1H3,(H,14,15). The zero-order chi connectivity index (χ0) is 11.3. The first-order chi connectivity index (χ1) is 7.09. The molecule has 1 unspecified atom stereocenters. The van der Waals surface area contributed by atoms with Crippen LogP contribution in [0, 0.1) is 0 Å². The van der Waals surface area contributed by atoms with Gasteiger partial charge < -0.3 is 15.5 Å². The summed E-state index contributed by atoms with van der Waals surface area (Å²) >= 11 is 0. The second kappa shape index (κ2) is 5.36. The van der Waals surface area contributed by atoms with Crippen LogP contribution in [0.1, 0.15) is 24.9 Å². The molecule has 0 aliphatic heterocycles. The van der Waals surface area contributed by atoms with Crippen molar-refractivity contribution in [3.63, 3.8) is 0 Å². The molecule has 0 saturated heterocycles. The smallest absolute Gasteiger partial charge is 0.304 e. The normalized spacial score (nSPS) is 12.3. The number of aromatic hydroxyl groups is 1. The van der Waals surface area contributed by atoms with Gasteiger partial charge in [-0.05, 0) is 24.6 Å². The maximum Gasteiger partial charge on any atom is 0.304 e. The summed E-state index contributed by atoms with van der Waals surface area (Å²) in [5.41, 5.74) is 0.945. The Morgan fingerprint density at radius 2 is 2.27 bits per heavy atom. The second-order valence-corrected chi connectivity index (χ2v) is 3.41. The van der Waals surface area contributed by atoms with E-state index in [-0.39, 0.29) is 18.2 Å². The summed E-state index contributed by atoms with van der Waals surface area (Å²) in [5.74, 6) is -0.593. The lowest BCUT2D eigenvalue weighted by Crippen LogP contribution is -2.21. The molecule has 0 aromatic heterocycles. The third-order valence-electron chi connectivity index (χ3n) is 2.16. The lowest BCUT2D eigenvalue weighted by molar-refractivity contribution is -0.136. The maximum absolute atomic E-state index is 10.3. The second-order valence-electron chi connectivity index (χ2n) is 3.41. The van der Waals surface area contributed by atoms with Crippen molar-refractivity contribution in [3.05, 3.63) is 29.8 Å². The Bertz CT molecular complexity index is 338. The molecule has 4 nitrogen and oxygen atoms in total. The minimum atomic E-state index is -0.814. The number of aliphatic carboxylic acids is 1. The molecular weight excluding hydrogens is 194 g/mol. The lowest BCUT2D eigenvalue weighted by Gasteiger charge is -2.13. The third kappa shape index (κ3) is 3.99. The number of phenolic OH excluding ortho intramolecular Hbond substituents is 1. The summed E-state index contributed by atoms with van der Waals surface area (Å²) in [4.78, 5) is 10.3. The zero-order valence-corrected chi connectivity index (χ0v) is 8.60. The SMILES string of the molecule is CC(NCCC(=O)O)c1cccc(O)c1. The summed E-state index contributed by atoms with van der Waals surface area (Å²) < 4.78 is 0. The monoisotopic (exact) mass is 209 g/mol. The van der Waals surface area contributed by atoms with Crippen LogP contribution in [0.15, 0.2) is 24.3 Å². The van der Waals surface area contributed by atoms with Crippen LogP contribution in [-0.4, -0.2) is 22.7 Å². The molecule has 0 fully saturated rings. The number of carboxylic acid groups (broad SMARTS) is 1. The Morgan fingerprint density at radius 1 is 1.53 bits per heavy atom. The highest BCUT2D eigenvalue weighted by atomic mass is 16.4. The Kier molecular flexibility index (Phi) is 4.12. The Morgan fingerprint density at radius 3 is 2.87 bits per heavy atom. The molecule has 1 aromatic carbocycles. The highest BCUT2D eigenvalue weighted by molar-refractivity contribution is 5.66. The highest BCUT2D eigenvalue weighted by Crippen LogP contribution is 2.17. The first-order valence-corrected chi connectivity index (χ1v) is 4.83. The van der Waals surface area contributed by atoms with Gasteiger partial charge in [0.1, 0.15) is 5.75 Å². The number of phenols is 1. The quantitative estimate of drug-likeness (QED) is 0.687. The summed E-state index contributed by atoms with van der Waals surface area (Å²) in [7, 11) is 0. The van der Waals surface area contributed by atoms with Gasteiger partial charge in [-0.15, -0.1) is 0 Å². The van der Waals surface area contributed by atoms with Crippen LogP contribution in [0.3, 0.4) is 0 Å². The van der Waals surface area contributed by atoms with E-state index in [4.69, 9.17) is 5.11 Å². The van der Waals surface area contributed by atoms with E-state index < -0.39 is 5.97 Å². The number of hydrogen-bond donors (Lipinski definition) is 3. The van der Waals surface area contributed by atoms with E-state index >= 15 is 0 Å². The van der Waals surface area contributed by atoms with Crippen LogP contribution in [0.25, 0.3) is 0 Å². The van der Waals surface area contributed by atoms with E-state index in [0.717, 1.165) is 5.56 Å². The van der Waals surface area contributed by atoms with Crippen LogP contribution in [0.4, 0.5) is 0 Å². The molecule has 0 aliphatic carbocycles. The molecule has 4 heteroatoms. The van der Waals surface area contributed by atoms with Crippen molar-refractivity contribution in [1.29, 1.82) is 0 Å². The average molecular weight is 209 g/mol. The molecule has 82 valence electrons. The van der Waals surface area contributed by atoms with Gasteiger partial charge in [0.25, 0.3) is 0 Å². The van der Waals surface area contributed by atoms with Crippen molar-refractivity contribution in [2.24, 2.45) is 0 Å². The first-order valence-electron chi connectivity index (χ1n) is 4.83. The van der Waals surface area contributed by atoms with E-state index in [2.05, 4.69) is 5.32 Å². The molecule has 0 heterocycles. The van der Waals surface area contributed by atoms with Crippen LogP contribution >= 0.6 is 0 Å². The Labute approximate surface area is 88.6 Å². The molecule has 0 radical (unpaired) electrons. The van der Waals surface area contributed by atoms with E-state index in [1.807, 2.05) is 13.0 Å². The van der Waals surface area contributed by atoms with Gasteiger partial charge in [-0.2, -0.15) is 0 Å². The van der Waals surface area contributed by atoms with Crippen molar-refractivity contribution < 1.29 is 15.0 Å². The van der Waals surface area contributed by atoms with Crippen molar-refractivity contribution in [1.82, 2.24) is 5.32 Å². The zero-order valence-electron chi connectivity index (χ0n) is 8.60. The third-order valence-corrected chi connectivity index (χ3v) is 2.16. The Hall–Kier alpha value is -1.55. The molecule has 0 saturated carbocycles. The van der Waals surface area contributed by atoms with Gasteiger partial charge in [0, 0.05) is 12.6 Å². The minimum Gasteiger partial charge on any atom is -0.508 e. The van der Waals surface area contributed by atoms with Crippen molar-refractivity contribution in [3.8, 4) is 5.75 Å². The molecule has 1 aromatic rings. The predicted molar refractivity (Wildman–Crippen MR) is 56.8 cm³/mol. The molecule has 0 bridgehead atoms. The summed E-state index contributed by atoms with van der Waals surface area (Å²) in [6, 6.07) is 6.96. The van der Waals surface area contributed by atoms with Gasteiger partial charge in [0.15, 0.2) is 0 Å². The fourth-order valence-corrected chi connectivity index (χ4v) is 1.31. The number of hydrogen-bond acceptors (Lipinski definition) is 3. The number of carboxylic acids is 1. The molecular formula is C11H15NO3. The first kappa shape index (κ1) is 11.5. The number of rotatable bonds is 5. The molecule has 0 aliphatic rings. The molecule has 1 rings (SSSR count). The summed E-state index contributed by atoms with van der Waals surface area (Å²) in [6.07, 6.45) is 0.100. The van der Waals surface area contributed by atoms with E-state index in [1.165, 1.54) is 0 Å². The largest absolute Gasteiger partial charge is 0.508 e. The van der Waals surface area contributed by atoms with Crippen LogP contribution in [0.5, 0.6) is 5.75 Å². The van der Waals surface area contributed by atoms with E-state index in [1.54, 1.807) is 18.2 Å². The van der Waals surface area contributed by atoms with E-state index in [9.17, 15) is 9.90 Å². The fraction of sp³-hybridized carbons (Fsp3) is 0.364. The van der Waals surface area contributed by atoms with Gasteiger partial charge in [-0.25, -0.2) is 0 Å². The average Bonchev–Trinajstić information content (AvgIpc) is 2.17. The fourth-order valence-electron chi connectivity index (χ4n) is 1.31. The lowest BCUT2D eigenvalue weighted by atomic mass is 10.1. The van der Waals surface area contributed by atoms with Crippen LogP contribution in [0.2, 0.25) is 0 Å². The molecule has 15 heavy (non-hydrogen) atoms. The Balaban J connectivity index is 2.46. The summed E-state index contributed by atoms with van der Waals surface area (Å²) in [6.45, 7) is 2.35. The molecule has 3 N–H and O–H groups in total. The highest BCUT2D eigenvalue weighted by Gasteiger charge is 2.05. The van der Waals surface area contributed by atoms with Crippen LogP contribution in [-0.2, 0) is 4.79 Å². The van der Waals surface area contributed by atoms with Gasteiger partial charge in [-0.3, -0.25) is 4.79 Å². The van der Waals surface area contributed by atoms with Crippen molar-refractivity contribution >= 4 is 5.97 Å². The predicted octanol–water partition coefficient (Wildman–Crippen LogP) is 1.52. The number of carbonyl (C=O) groups is 1. The van der Waals surface area contributed by atoms with Crippen LogP contribution < -0.4 is 5.32 Å². The van der Waals surface area contributed by atoms with Gasteiger partial charge in [0.05, 0.1) is 6.42 Å². The van der Waals surface area contributed by atoms with Crippen molar-refractivity contribution in [2.75, 3.05) is 6.54 Å². The molecule has 0 amide bonds. The molecule has 0 spiro atoms. The maximum atomic E-state index is 10.3. The van der Waals surface area contributed by atoms with Gasteiger partial charge in [-0.1, -0.05) is 12.1 Å². The molecule has 1 atom stereocenters. The van der Waals surface area contributed by atoms with E-state index in [0.29, 0.717) is 6.54 Å². The topological polar surface area (TPSA) is 69.6 Å². The number of benzene rings is 1. The van der Waals surface area contributed by atoms with Gasteiger partial charge in [0.2, 0.25) is 0 Å². The number of nitrogens with one attached hydrogen (secondary N) is 1. The van der Waals surface area contributed by atoms with Gasteiger partial charge >= 0.3 is 5.97 Å². The van der Waals surface area contributed by atoms with Crippen molar-refractivity contribution in [2.45, 2.75) is 19.4 Å².